The van der Waals surface area contributed by atoms with E-state index in [0.29, 0.717) is 5.02 Å². The Balaban J connectivity index is 1.27. The van der Waals surface area contributed by atoms with Gasteiger partial charge in [0.25, 0.3) is 0 Å². The van der Waals surface area contributed by atoms with E-state index in [1.54, 1.807) is 0 Å². The number of allylic oxidation sites excluding steroid dienone is 2. The molecular formula is C32H48ClF. The van der Waals surface area contributed by atoms with Gasteiger partial charge in [0, 0.05) is 5.56 Å². The van der Waals surface area contributed by atoms with Crippen molar-refractivity contribution in [3.8, 4) is 0 Å². The lowest BCUT2D eigenvalue weighted by Gasteiger charge is -2.40. The molecule has 0 aromatic heterocycles. The van der Waals surface area contributed by atoms with Crippen molar-refractivity contribution in [3.05, 3.63) is 40.2 Å². The van der Waals surface area contributed by atoms with Crippen molar-refractivity contribution in [2.75, 3.05) is 0 Å². The van der Waals surface area contributed by atoms with E-state index in [0.717, 1.165) is 66.4 Å². The van der Waals surface area contributed by atoms with Crippen molar-refractivity contribution in [1.29, 1.82) is 0 Å². The summed E-state index contributed by atoms with van der Waals surface area (Å²) in [7, 11) is 0. The Morgan fingerprint density at radius 1 is 0.794 bits per heavy atom. The van der Waals surface area contributed by atoms with Crippen LogP contribution in [0.1, 0.15) is 128 Å². The molecule has 0 heterocycles. The molecule has 0 amide bonds. The van der Waals surface area contributed by atoms with E-state index < -0.39 is 0 Å². The van der Waals surface area contributed by atoms with Crippen molar-refractivity contribution >= 4 is 17.2 Å². The molecule has 3 aliphatic carbocycles. The van der Waals surface area contributed by atoms with E-state index >= 15 is 4.39 Å². The zero-order valence-electron chi connectivity index (χ0n) is 21.9. The smallest absolute Gasteiger partial charge is 0.149 e. The van der Waals surface area contributed by atoms with Crippen LogP contribution in [0.4, 0.5) is 4.39 Å². The normalized spacial score (nSPS) is 30.2. The van der Waals surface area contributed by atoms with Crippen LogP contribution < -0.4 is 0 Å². The first-order chi connectivity index (χ1) is 16.6. The van der Waals surface area contributed by atoms with Crippen molar-refractivity contribution < 1.29 is 4.39 Å². The second kappa shape index (κ2) is 12.9. The highest BCUT2D eigenvalue weighted by molar-refractivity contribution is 6.31. The fourth-order valence-corrected chi connectivity index (χ4v) is 7.83. The molecule has 2 heteroatoms. The Morgan fingerprint density at radius 2 is 1.44 bits per heavy atom. The fourth-order valence-electron chi connectivity index (χ4n) is 7.57. The third-order valence-corrected chi connectivity index (χ3v) is 10.2. The van der Waals surface area contributed by atoms with Gasteiger partial charge in [0.2, 0.25) is 0 Å². The lowest BCUT2D eigenvalue weighted by Crippen LogP contribution is -2.28. The van der Waals surface area contributed by atoms with Crippen molar-refractivity contribution in [2.45, 2.75) is 123 Å². The standard InChI is InChI=1S/C32H48ClF/c1-3-5-6-8-29-21-22-30(32(34)31(29)33)28-19-17-27(18-20-28)26-15-13-25(14-16-26)24-11-9-23(7-4-2)10-12-24/h19,21-27H,3-18,20H2,1-2H3. The average molecular weight is 487 g/mol. The van der Waals surface area contributed by atoms with E-state index in [1.165, 1.54) is 89.0 Å². The van der Waals surface area contributed by atoms with Gasteiger partial charge in [-0.2, -0.15) is 0 Å². The lowest BCUT2D eigenvalue weighted by molar-refractivity contribution is 0.121. The average Bonchev–Trinajstić information content (AvgIpc) is 2.88. The maximum absolute atomic E-state index is 15.1. The zero-order valence-corrected chi connectivity index (χ0v) is 22.7. The second-order valence-electron chi connectivity index (χ2n) is 11.9. The van der Waals surface area contributed by atoms with Gasteiger partial charge in [0.1, 0.15) is 5.82 Å². The van der Waals surface area contributed by atoms with Gasteiger partial charge in [-0.05, 0) is 111 Å². The minimum Gasteiger partial charge on any atom is -0.205 e. The number of rotatable bonds is 9. The number of hydrogen-bond donors (Lipinski definition) is 0. The van der Waals surface area contributed by atoms with E-state index in [-0.39, 0.29) is 5.82 Å². The van der Waals surface area contributed by atoms with E-state index in [9.17, 15) is 0 Å². The predicted octanol–water partition coefficient (Wildman–Crippen LogP) is 10.8. The monoisotopic (exact) mass is 486 g/mol. The summed E-state index contributed by atoms with van der Waals surface area (Å²) in [6, 6.07) is 4.06. The summed E-state index contributed by atoms with van der Waals surface area (Å²) in [6.45, 7) is 4.53. The molecule has 1 aromatic rings. The second-order valence-corrected chi connectivity index (χ2v) is 12.2. The van der Waals surface area contributed by atoms with Crippen LogP contribution in [0.3, 0.4) is 0 Å². The number of aryl methyl sites for hydroxylation is 1. The van der Waals surface area contributed by atoms with Gasteiger partial charge in [0.05, 0.1) is 5.02 Å². The zero-order chi connectivity index (χ0) is 23.9. The highest BCUT2D eigenvalue weighted by Gasteiger charge is 2.33. The van der Waals surface area contributed by atoms with Crippen molar-refractivity contribution in [1.82, 2.24) is 0 Å². The molecule has 34 heavy (non-hydrogen) atoms. The molecule has 0 saturated heterocycles. The largest absolute Gasteiger partial charge is 0.205 e. The molecule has 0 radical (unpaired) electrons. The molecule has 0 spiro atoms. The molecule has 2 fully saturated rings. The first-order valence-corrected chi connectivity index (χ1v) is 15.1. The third kappa shape index (κ3) is 6.48. The summed E-state index contributed by atoms with van der Waals surface area (Å²) in [5.41, 5.74) is 2.92. The lowest BCUT2D eigenvalue weighted by atomic mass is 9.65. The number of hydrogen-bond acceptors (Lipinski definition) is 0. The highest BCUT2D eigenvalue weighted by Crippen LogP contribution is 2.46. The van der Waals surface area contributed by atoms with Crippen LogP contribution in [-0.2, 0) is 6.42 Å². The maximum Gasteiger partial charge on any atom is 0.149 e. The molecule has 1 atom stereocenters. The van der Waals surface area contributed by atoms with Crippen LogP contribution in [0.25, 0.3) is 5.57 Å². The van der Waals surface area contributed by atoms with Gasteiger partial charge in [-0.3, -0.25) is 0 Å². The number of benzene rings is 1. The van der Waals surface area contributed by atoms with Gasteiger partial charge < -0.3 is 0 Å². The quantitative estimate of drug-likeness (QED) is 0.304. The van der Waals surface area contributed by atoms with Crippen LogP contribution in [0.5, 0.6) is 0 Å². The molecule has 190 valence electrons. The first-order valence-electron chi connectivity index (χ1n) is 14.8. The molecule has 0 N–H and O–H groups in total. The van der Waals surface area contributed by atoms with Crippen LogP contribution in [0.15, 0.2) is 18.2 Å². The summed E-state index contributed by atoms with van der Waals surface area (Å²) in [4.78, 5) is 0. The molecule has 4 rings (SSSR count). The topological polar surface area (TPSA) is 0 Å². The number of unbranched alkanes of at least 4 members (excludes halogenated alkanes) is 2. The SMILES string of the molecule is CCCCCc1ccc(C2=CCC(C3CCC(C4CCC(CCC)CC4)CC3)CC2)c(F)c1Cl. The Kier molecular flexibility index (Phi) is 9.99. The summed E-state index contributed by atoms with van der Waals surface area (Å²) < 4.78 is 15.1. The van der Waals surface area contributed by atoms with Crippen LogP contribution in [0.2, 0.25) is 5.02 Å². The first kappa shape index (κ1) is 26.2. The molecule has 0 bridgehead atoms. The van der Waals surface area contributed by atoms with Crippen LogP contribution >= 0.6 is 11.6 Å². The minimum atomic E-state index is -0.186. The molecular weight excluding hydrogens is 439 g/mol. The van der Waals surface area contributed by atoms with Gasteiger partial charge >= 0.3 is 0 Å². The van der Waals surface area contributed by atoms with Crippen LogP contribution in [0, 0.1) is 35.4 Å². The fraction of sp³-hybridized carbons (Fsp3) is 0.750. The molecule has 0 aliphatic heterocycles. The summed E-state index contributed by atoms with van der Waals surface area (Å²) in [6.07, 6.45) is 24.6. The Morgan fingerprint density at radius 3 is 2.03 bits per heavy atom. The van der Waals surface area contributed by atoms with Gasteiger partial charge in [-0.25, -0.2) is 4.39 Å². The molecule has 3 aliphatic rings. The Hall–Kier alpha value is -0.820. The van der Waals surface area contributed by atoms with Crippen molar-refractivity contribution in [3.63, 3.8) is 0 Å². The van der Waals surface area contributed by atoms with E-state index in [4.69, 9.17) is 11.6 Å². The van der Waals surface area contributed by atoms with Gasteiger partial charge in [-0.15, -0.1) is 0 Å². The summed E-state index contributed by atoms with van der Waals surface area (Å²) >= 11 is 6.45. The maximum atomic E-state index is 15.1. The molecule has 1 unspecified atom stereocenters. The van der Waals surface area contributed by atoms with Crippen molar-refractivity contribution in [2.24, 2.45) is 29.6 Å². The Labute approximate surface area is 214 Å². The van der Waals surface area contributed by atoms with E-state index in [1.807, 2.05) is 6.07 Å². The van der Waals surface area contributed by atoms with Gasteiger partial charge in [-0.1, -0.05) is 82.2 Å². The van der Waals surface area contributed by atoms with E-state index in [2.05, 4.69) is 26.0 Å². The highest BCUT2D eigenvalue weighted by atomic mass is 35.5. The molecule has 0 nitrogen and oxygen atoms in total. The Bertz CT molecular complexity index is 795. The van der Waals surface area contributed by atoms with Crippen LogP contribution in [-0.4, -0.2) is 0 Å². The predicted molar refractivity (Wildman–Crippen MR) is 146 cm³/mol. The molecule has 1 aromatic carbocycles. The molecule has 2 saturated carbocycles. The van der Waals surface area contributed by atoms with Gasteiger partial charge in [0.15, 0.2) is 0 Å². The minimum absolute atomic E-state index is 0.186. The summed E-state index contributed by atoms with van der Waals surface area (Å²) in [5, 5.41) is 0.360. The third-order valence-electron chi connectivity index (χ3n) is 9.75. The number of halogens is 2. The summed E-state index contributed by atoms with van der Waals surface area (Å²) in [5.74, 6) is 4.55.